The maximum Gasteiger partial charge on any atom is 0.340 e. The van der Waals surface area contributed by atoms with Crippen LogP contribution in [-0.2, 0) is 9.47 Å². The van der Waals surface area contributed by atoms with Gasteiger partial charge in [-0.3, -0.25) is 0 Å². The van der Waals surface area contributed by atoms with Crippen molar-refractivity contribution in [3.05, 3.63) is 42.0 Å². The number of nitrogens with one attached hydrogen (secondary N) is 2. The first kappa shape index (κ1) is 17.8. The van der Waals surface area contributed by atoms with Gasteiger partial charge < -0.3 is 20.1 Å². The highest BCUT2D eigenvalue weighted by Crippen LogP contribution is 2.35. The monoisotopic (exact) mass is 376 g/mol. The molecule has 0 aliphatic carbocycles. The standard InChI is InChI=1S/C18H20N2O3S2/c1-22-17(21)14-10-15(12-6-3-2-4-7-12)25-16(14)20-18(24)19-11-13-8-5-9-23-13/h2-4,6-7,10,13H,5,8-9,11H2,1H3,(H2,19,20,24). The molecule has 1 unspecified atom stereocenters. The van der Waals surface area contributed by atoms with E-state index in [2.05, 4.69) is 10.6 Å². The minimum Gasteiger partial charge on any atom is -0.465 e. The van der Waals surface area contributed by atoms with Gasteiger partial charge in [0.2, 0.25) is 0 Å². The molecule has 25 heavy (non-hydrogen) atoms. The van der Waals surface area contributed by atoms with Gasteiger partial charge in [-0.1, -0.05) is 30.3 Å². The van der Waals surface area contributed by atoms with Gasteiger partial charge in [0.25, 0.3) is 0 Å². The summed E-state index contributed by atoms with van der Waals surface area (Å²) >= 11 is 6.83. The zero-order chi connectivity index (χ0) is 17.6. The van der Waals surface area contributed by atoms with E-state index in [4.69, 9.17) is 21.7 Å². The van der Waals surface area contributed by atoms with Crippen LogP contribution in [0.3, 0.4) is 0 Å². The normalized spacial score (nSPS) is 16.4. The fourth-order valence-electron chi connectivity index (χ4n) is 2.65. The molecule has 1 aliphatic rings. The number of thiocarbonyl (C=S) groups is 1. The van der Waals surface area contributed by atoms with Crippen LogP contribution in [0.4, 0.5) is 5.00 Å². The molecule has 7 heteroatoms. The van der Waals surface area contributed by atoms with Gasteiger partial charge in [-0.2, -0.15) is 0 Å². The average molecular weight is 377 g/mol. The highest BCUT2D eigenvalue weighted by molar-refractivity contribution is 7.80. The number of benzene rings is 1. The van der Waals surface area contributed by atoms with Crippen LogP contribution in [0.1, 0.15) is 23.2 Å². The molecule has 2 N–H and O–H groups in total. The number of rotatable bonds is 5. The van der Waals surface area contributed by atoms with E-state index in [1.54, 1.807) is 0 Å². The second kappa shape index (κ2) is 8.42. The summed E-state index contributed by atoms with van der Waals surface area (Å²) in [6.07, 6.45) is 2.33. The summed E-state index contributed by atoms with van der Waals surface area (Å²) in [6.45, 7) is 1.47. The average Bonchev–Trinajstić information content (AvgIpc) is 3.30. The number of methoxy groups -OCH3 is 1. The molecule has 1 atom stereocenters. The second-order valence-corrected chi connectivity index (χ2v) is 7.14. The fourth-order valence-corrected chi connectivity index (χ4v) is 3.96. The first-order valence-electron chi connectivity index (χ1n) is 8.11. The molecule has 1 aromatic carbocycles. The van der Waals surface area contributed by atoms with Crippen LogP contribution >= 0.6 is 23.6 Å². The third-order valence-corrected chi connectivity index (χ3v) is 5.28. The van der Waals surface area contributed by atoms with Crippen molar-refractivity contribution in [2.45, 2.75) is 18.9 Å². The molecule has 0 bridgehead atoms. The summed E-state index contributed by atoms with van der Waals surface area (Å²) in [5.74, 6) is -0.386. The molecule has 3 rings (SSSR count). The largest absolute Gasteiger partial charge is 0.465 e. The number of anilines is 1. The van der Waals surface area contributed by atoms with E-state index in [0.29, 0.717) is 22.2 Å². The van der Waals surface area contributed by atoms with Gasteiger partial charge in [-0.25, -0.2) is 4.79 Å². The van der Waals surface area contributed by atoms with Gasteiger partial charge in [0.15, 0.2) is 5.11 Å². The van der Waals surface area contributed by atoms with Crippen molar-refractivity contribution in [3.63, 3.8) is 0 Å². The third kappa shape index (κ3) is 4.56. The SMILES string of the molecule is COC(=O)c1cc(-c2ccccc2)sc1NC(=S)NCC1CCCO1. The Balaban J connectivity index is 1.73. The maximum atomic E-state index is 12.1. The van der Waals surface area contributed by atoms with Crippen LogP contribution in [-0.4, -0.2) is 37.4 Å². The van der Waals surface area contributed by atoms with E-state index in [1.807, 2.05) is 36.4 Å². The summed E-state index contributed by atoms with van der Waals surface area (Å²) in [5.41, 5.74) is 1.52. The van der Waals surface area contributed by atoms with Gasteiger partial charge >= 0.3 is 5.97 Å². The van der Waals surface area contributed by atoms with E-state index >= 15 is 0 Å². The van der Waals surface area contributed by atoms with Crippen LogP contribution in [0.25, 0.3) is 10.4 Å². The summed E-state index contributed by atoms with van der Waals surface area (Å²) < 4.78 is 10.5. The molecular weight excluding hydrogens is 356 g/mol. The lowest BCUT2D eigenvalue weighted by molar-refractivity contribution is 0.0602. The predicted molar refractivity (Wildman–Crippen MR) is 104 cm³/mol. The van der Waals surface area contributed by atoms with Crippen molar-refractivity contribution in [1.82, 2.24) is 5.32 Å². The first-order chi connectivity index (χ1) is 12.2. The van der Waals surface area contributed by atoms with Crippen LogP contribution < -0.4 is 10.6 Å². The van der Waals surface area contributed by atoms with Gasteiger partial charge in [0.05, 0.1) is 18.8 Å². The zero-order valence-electron chi connectivity index (χ0n) is 13.9. The van der Waals surface area contributed by atoms with Crippen molar-refractivity contribution in [3.8, 4) is 10.4 Å². The molecule has 0 amide bonds. The van der Waals surface area contributed by atoms with Crippen molar-refractivity contribution in [2.24, 2.45) is 0 Å². The van der Waals surface area contributed by atoms with Crippen molar-refractivity contribution in [1.29, 1.82) is 0 Å². The Hall–Kier alpha value is -1.96. The fraction of sp³-hybridized carbons (Fsp3) is 0.333. The number of esters is 1. The molecule has 132 valence electrons. The smallest absolute Gasteiger partial charge is 0.340 e. The number of carbonyl (C=O) groups excluding carboxylic acids is 1. The lowest BCUT2D eigenvalue weighted by atomic mass is 10.1. The molecule has 0 spiro atoms. The van der Waals surface area contributed by atoms with E-state index in [9.17, 15) is 4.79 Å². The topological polar surface area (TPSA) is 59.6 Å². The molecule has 0 radical (unpaired) electrons. The van der Waals surface area contributed by atoms with Crippen molar-refractivity contribution in [2.75, 3.05) is 25.6 Å². The predicted octanol–water partition coefficient (Wildman–Crippen LogP) is 3.67. The summed E-state index contributed by atoms with van der Waals surface area (Å²) in [6, 6.07) is 11.7. The molecule has 5 nitrogen and oxygen atoms in total. The molecule has 1 saturated heterocycles. The molecule has 1 aromatic heterocycles. The zero-order valence-corrected chi connectivity index (χ0v) is 15.5. The number of ether oxygens (including phenoxy) is 2. The summed E-state index contributed by atoms with van der Waals surface area (Å²) in [7, 11) is 1.37. The second-order valence-electron chi connectivity index (χ2n) is 5.68. The highest BCUT2D eigenvalue weighted by Gasteiger charge is 2.19. The van der Waals surface area contributed by atoms with Gasteiger partial charge in [-0.05, 0) is 36.7 Å². The van der Waals surface area contributed by atoms with Crippen LogP contribution in [0, 0.1) is 0 Å². The van der Waals surface area contributed by atoms with E-state index < -0.39 is 0 Å². The minimum atomic E-state index is -0.386. The van der Waals surface area contributed by atoms with Crippen LogP contribution in [0.5, 0.6) is 0 Å². The van der Waals surface area contributed by atoms with Crippen molar-refractivity contribution >= 4 is 39.6 Å². The molecule has 2 heterocycles. The molecule has 2 aromatic rings. The third-order valence-electron chi connectivity index (χ3n) is 3.94. The van der Waals surface area contributed by atoms with Gasteiger partial charge in [-0.15, -0.1) is 11.3 Å². The Morgan fingerprint density at radius 1 is 1.40 bits per heavy atom. The van der Waals surface area contributed by atoms with E-state index in [0.717, 1.165) is 29.9 Å². The van der Waals surface area contributed by atoms with E-state index in [-0.39, 0.29) is 12.1 Å². The Kier molecular flexibility index (Phi) is 6.01. The van der Waals surface area contributed by atoms with Crippen molar-refractivity contribution < 1.29 is 14.3 Å². The maximum absolute atomic E-state index is 12.1. The highest BCUT2D eigenvalue weighted by atomic mass is 32.1. The first-order valence-corrected chi connectivity index (χ1v) is 9.34. The Labute approximate surface area is 156 Å². The lowest BCUT2D eigenvalue weighted by Gasteiger charge is -2.13. The number of hydrogen-bond acceptors (Lipinski definition) is 5. The van der Waals surface area contributed by atoms with Crippen LogP contribution in [0.15, 0.2) is 36.4 Å². The quantitative estimate of drug-likeness (QED) is 0.613. The summed E-state index contributed by atoms with van der Waals surface area (Å²) in [4.78, 5) is 13.1. The molecule has 1 aliphatic heterocycles. The lowest BCUT2D eigenvalue weighted by Crippen LogP contribution is -2.34. The number of hydrogen-bond donors (Lipinski definition) is 2. The van der Waals surface area contributed by atoms with Gasteiger partial charge in [0, 0.05) is 18.0 Å². The number of carbonyl (C=O) groups is 1. The van der Waals surface area contributed by atoms with Crippen LogP contribution in [0.2, 0.25) is 0 Å². The molecule has 0 saturated carbocycles. The minimum absolute atomic E-state index is 0.197. The van der Waals surface area contributed by atoms with E-state index in [1.165, 1.54) is 18.4 Å². The Morgan fingerprint density at radius 2 is 2.20 bits per heavy atom. The Bertz CT molecular complexity index is 740. The molecule has 1 fully saturated rings. The van der Waals surface area contributed by atoms with Gasteiger partial charge in [0.1, 0.15) is 5.00 Å². The number of thiophene rings is 1. The molecular formula is C18H20N2O3S2. The Morgan fingerprint density at radius 3 is 2.88 bits per heavy atom. The summed E-state index contributed by atoms with van der Waals surface area (Å²) in [5, 5.41) is 7.43.